The lowest BCUT2D eigenvalue weighted by atomic mass is 9.75. The van der Waals surface area contributed by atoms with Crippen LogP contribution in [0.4, 0.5) is 0 Å². The van der Waals surface area contributed by atoms with Crippen molar-refractivity contribution in [2.45, 2.75) is 25.0 Å². The predicted molar refractivity (Wildman–Crippen MR) is 92.9 cm³/mol. The Balaban J connectivity index is 1.65. The third-order valence-corrected chi connectivity index (χ3v) is 5.70. The number of nitrogens with zero attached hydrogens (tertiary/aromatic N) is 2. The molecule has 132 valence electrons. The molecule has 0 spiro atoms. The highest BCUT2D eigenvalue weighted by atomic mass is 35.5. The van der Waals surface area contributed by atoms with Gasteiger partial charge in [0.1, 0.15) is 6.61 Å². The Kier molecular flexibility index (Phi) is 5.45. The molecule has 5 nitrogen and oxygen atoms in total. The van der Waals surface area contributed by atoms with Gasteiger partial charge in [-0.25, -0.2) is 0 Å². The van der Waals surface area contributed by atoms with Gasteiger partial charge in [-0.2, -0.15) is 0 Å². The number of benzene rings is 1. The van der Waals surface area contributed by atoms with E-state index in [1.807, 2.05) is 29.2 Å². The maximum absolute atomic E-state index is 12.1. The molecule has 1 amide bonds. The first-order valence-electron chi connectivity index (χ1n) is 8.47. The Bertz CT molecular complexity index is 597. The van der Waals surface area contributed by atoms with Gasteiger partial charge in [-0.05, 0) is 24.5 Å². The van der Waals surface area contributed by atoms with Crippen LogP contribution in [-0.2, 0) is 16.1 Å². The summed E-state index contributed by atoms with van der Waals surface area (Å²) in [6, 6.07) is 7.87. The van der Waals surface area contributed by atoms with Crippen molar-refractivity contribution in [1.29, 1.82) is 0 Å². The molecular formula is C18H25ClN2O3. The second-order valence-electron chi connectivity index (χ2n) is 6.90. The van der Waals surface area contributed by atoms with Crippen molar-refractivity contribution >= 4 is 17.5 Å². The van der Waals surface area contributed by atoms with E-state index in [-0.39, 0.29) is 18.4 Å². The molecule has 2 atom stereocenters. The number of ether oxygens (including phenoxy) is 1. The summed E-state index contributed by atoms with van der Waals surface area (Å²) in [6.45, 7) is 3.72. The molecule has 2 saturated heterocycles. The van der Waals surface area contributed by atoms with Gasteiger partial charge in [0.05, 0.1) is 5.60 Å². The highest BCUT2D eigenvalue weighted by Gasteiger charge is 2.45. The summed E-state index contributed by atoms with van der Waals surface area (Å²) in [6.07, 6.45) is 1.39. The lowest BCUT2D eigenvalue weighted by Gasteiger charge is -2.50. The molecule has 2 aliphatic heterocycles. The standard InChI is InChI=1S/C18H25ClN2O3/c1-24-13-17(22)21-9-7-18(23)6-8-20(11-15(18)12-21)10-14-4-2-3-5-16(14)19/h2-5,15,23H,6-13H2,1H3/t15-,18-/m1/s1. The summed E-state index contributed by atoms with van der Waals surface area (Å²) in [4.78, 5) is 16.2. The van der Waals surface area contributed by atoms with E-state index in [1.54, 1.807) is 0 Å². The Morgan fingerprint density at radius 1 is 1.33 bits per heavy atom. The maximum atomic E-state index is 12.1. The number of aliphatic hydroxyl groups is 1. The van der Waals surface area contributed by atoms with Gasteiger partial charge in [-0.3, -0.25) is 9.69 Å². The molecule has 3 rings (SSSR count). The second kappa shape index (κ2) is 7.40. The first-order valence-corrected chi connectivity index (χ1v) is 8.84. The molecule has 1 aromatic rings. The van der Waals surface area contributed by atoms with Crippen molar-refractivity contribution < 1.29 is 14.6 Å². The van der Waals surface area contributed by atoms with Crippen molar-refractivity contribution in [2.75, 3.05) is 39.9 Å². The van der Waals surface area contributed by atoms with Crippen LogP contribution in [0.5, 0.6) is 0 Å². The average Bonchev–Trinajstić information content (AvgIpc) is 2.57. The number of likely N-dealkylation sites (tertiary alicyclic amines) is 2. The molecule has 6 heteroatoms. The van der Waals surface area contributed by atoms with Crippen LogP contribution in [0.3, 0.4) is 0 Å². The molecular weight excluding hydrogens is 328 g/mol. The van der Waals surface area contributed by atoms with Gasteiger partial charge in [0.15, 0.2) is 0 Å². The van der Waals surface area contributed by atoms with Crippen LogP contribution in [0.15, 0.2) is 24.3 Å². The van der Waals surface area contributed by atoms with E-state index in [1.165, 1.54) is 7.11 Å². The molecule has 0 aromatic heterocycles. The summed E-state index contributed by atoms with van der Waals surface area (Å²) in [5.41, 5.74) is 0.452. The van der Waals surface area contributed by atoms with Crippen molar-refractivity contribution in [3.63, 3.8) is 0 Å². The van der Waals surface area contributed by atoms with Gasteiger partial charge in [0.2, 0.25) is 5.91 Å². The fraction of sp³-hybridized carbons (Fsp3) is 0.611. The van der Waals surface area contributed by atoms with Gasteiger partial charge < -0.3 is 14.7 Å². The van der Waals surface area contributed by atoms with E-state index in [0.717, 1.165) is 36.6 Å². The number of hydrogen-bond donors (Lipinski definition) is 1. The van der Waals surface area contributed by atoms with Crippen LogP contribution in [0.2, 0.25) is 5.02 Å². The number of fused-ring (bicyclic) bond motifs is 1. The van der Waals surface area contributed by atoms with E-state index in [2.05, 4.69) is 4.90 Å². The van der Waals surface area contributed by atoms with E-state index in [9.17, 15) is 9.90 Å². The zero-order chi connectivity index (χ0) is 17.2. The van der Waals surface area contributed by atoms with E-state index in [0.29, 0.717) is 19.5 Å². The third-order valence-electron chi connectivity index (χ3n) is 5.33. The maximum Gasteiger partial charge on any atom is 0.248 e. The SMILES string of the molecule is COCC(=O)N1CC[C@]2(O)CCN(Cc3ccccc3Cl)C[C@@H]2C1. The first-order chi connectivity index (χ1) is 11.5. The minimum atomic E-state index is -0.652. The Morgan fingerprint density at radius 3 is 2.83 bits per heavy atom. The summed E-state index contributed by atoms with van der Waals surface area (Å²) in [7, 11) is 1.53. The van der Waals surface area contributed by atoms with Crippen LogP contribution in [0.25, 0.3) is 0 Å². The van der Waals surface area contributed by atoms with Crippen LogP contribution in [0, 0.1) is 5.92 Å². The molecule has 0 unspecified atom stereocenters. The van der Waals surface area contributed by atoms with E-state index < -0.39 is 5.60 Å². The predicted octanol–water partition coefficient (Wildman–Crippen LogP) is 1.77. The summed E-state index contributed by atoms with van der Waals surface area (Å²) < 4.78 is 4.95. The number of piperidine rings is 2. The smallest absolute Gasteiger partial charge is 0.248 e. The highest BCUT2D eigenvalue weighted by molar-refractivity contribution is 6.31. The number of carbonyl (C=O) groups is 1. The van der Waals surface area contributed by atoms with Gasteiger partial charge in [0, 0.05) is 50.8 Å². The Morgan fingerprint density at radius 2 is 2.08 bits per heavy atom. The normalized spacial score (nSPS) is 27.8. The molecule has 0 bridgehead atoms. The number of amides is 1. The first kappa shape index (κ1) is 17.7. The quantitative estimate of drug-likeness (QED) is 0.897. The minimum Gasteiger partial charge on any atom is -0.389 e. The largest absolute Gasteiger partial charge is 0.389 e. The number of hydrogen-bond acceptors (Lipinski definition) is 4. The average molecular weight is 353 g/mol. The zero-order valence-electron chi connectivity index (χ0n) is 14.1. The van der Waals surface area contributed by atoms with Crippen LogP contribution in [-0.4, -0.2) is 66.3 Å². The fourth-order valence-corrected chi connectivity index (χ4v) is 4.02. The molecule has 1 N–H and O–H groups in total. The van der Waals surface area contributed by atoms with E-state index in [4.69, 9.17) is 16.3 Å². The lowest BCUT2D eigenvalue weighted by Crippen LogP contribution is -2.60. The van der Waals surface area contributed by atoms with Crippen molar-refractivity contribution in [2.24, 2.45) is 5.92 Å². The lowest BCUT2D eigenvalue weighted by molar-refractivity contribution is -0.150. The Hall–Kier alpha value is -1.14. The summed E-state index contributed by atoms with van der Waals surface area (Å²) in [5, 5.41) is 11.7. The minimum absolute atomic E-state index is 0.00257. The topological polar surface area (TPSA) is 53.0 Å². The zero-order valence-corrected chi connectivity index (χ0v) is 14.8. The van der Waals surface area contributed by atoms with Crippen LogP contribution in [0.1, 0.15) is 18.4 Å². The molecule has 1 aromatic carbocycles. The molecule has 2 heterocycles. The number of carbonyl (C=O) groups excluding carboxylic acids is 1. The molecule has 2 fully saturated rings. The van der Waals surface area contributed by atoms with E-state index >= 15 is 0 Å². The third kappa shape index (κ3) is 3.75. The summed E-state index contributed by atoms with van der Waals surface area (Å²) in [5.74, 6) is 0.0751. The molecule has 24 heavy (non-hydrogen) atoms. The monoisotopic (exact) mass is 352 g/mol. The Labute approximate surface area is 148 Å². The van der Waals surface area contributed by atoms with Crippen LogP contribution < -0.4 is 0 Å². The molecule has 0 saturated carbocycles. The number of rotatable bonds is 4. The van der Waals surface area contributed by atoms with Gasteiger partial charge >= 0.3 is 0 Å². The van der Waals surface area contributed by atoms with Gasteiger partial charge in [-0.15, -0.1) is 0 Å². The number of methoxy groups -OCH3 is 1. The molecule has 2 aliphatic rings. The number of halogens is 1. The van der Waals surface area contributed by atoms with Gasteiger partial charge in [0.25, 0.3) is 0 Å². The fourth-order valence-electron chi connectivity index (χ4n) is 3.82. The van der Waals surface area contributed by atoms with Crippen molar-refractivity contribution in [3.05, 3.63) is 34.9 Å². The molecule has 0 radical (unpaired) electrons. The van der Waals surface area contributed by atoms with Crippen LogP contribution >= 0.6 is 11.6 Å². The van der Waals surface area contributed by atoms with Gasteiger partial charge in [-0.1, -0.05) is 29.8 Å². The molecule has 0 aliphatic carbocycles. The van der Waals surface area contributed by atoms with Crippen molar-refractivity contribution in [3.8, 4) is 0 Å². The second-order valence-corrected chi connectivity index (χ2v) is 7.31. The van der Waals surface area contributed by atoms with Crippen molar-refractivity contribution in [1.82, 2.24) is 9.80 Å². The highest BCUT2D eigenvalue weighted by Crippen LogP contribution is 2.36. The summed E-state index contributed by atoms with van der Waals surface area (Å²) >= 11 is 6.26.